The minimum atomic E-state index is 1.20. The first-order chi connectivity index (χ1) is 11.8. The van der Waals surface area contributed by atoms with E-state index in [0.717, 1.165) is 0 Å². The Kier molecular flexibility index (Phi) is 3.85. The molecular weight excluding hydrogens is 368 g/mol. The summed E-state index contributed by atoms with van der Waals surface area (Å²) in [5, 5.41) is 5.85. The van der Waals surface area contributed by atoms with Gasteiger partial charge in [-0.1, -0.05) is 37.6 Å². The van der Waals surface area contributed by atoms with Gasteiger partial charge in [0.25, 0.3) is 0 Å². The lowest BCUT2D eigenvalue weighted by Crippen LogP contribution is -1.79. The lowest BCUT2D eigenvalue weighted by atomic mass is 10.1. The van der Waals surface area contributed by atoms with Gasteiger partial charge in [-0.3, -0.25) is 0 Å². The molecule has 122 valence electrons. The van der Waals surface area contributed by atoms with Crippen molar-refractivity contribution < 1.29 is 0 Å². The first-order valence-corrected chi connectivity index (χ1v) is 12.3. The Labute approximate surface area is 158 Å². The lowest BCUT2D eigenvalue weighted by molar-refractivity contribution is 0.926. The van der Waals surface area contributed by atoms with Crippen molar-refractivity contribution in [3.63, 3.8) is 0 Å². The lowest BCUT2D eigenvalue weighted by Gasteiger charge is -2.03. The second-order valence-corrected chi connectivity index (χ2v) is 10.4. The molecule has 1 aliphatic heterocycles. The monoisotopic (exact) mass is 386 g/mol. The summed E-state index contributed by atoms with van der Waals surface area (Å²) < 4.78 is 2.99. The van der Waals surface area contributed by atoms with Crippen LogP contribution in [0.3, 0.4) is 0 Å². The van der Waals surface area contributed by atoms with Gasteiger partial charge in [-0.25, -0.2) is 0 Å². The van der Waals surface area contributed by atoms with Gasteiger partial charge in [-0.05, 0) is 19.1 Å². The quantitative estimate of drug-likeness (QED) is 0.333. The molecule has 1 aliphatic rings. The molecule has 0 fully saturated rings. The van der Waals surface area contributed by atoms with Gasteiger partial charge in [0, 0.05) is 56.2 Å². The number of hydrogen-bond acceptors (Lipinski definition) is 4. The van der Waals surface area contributed by atoms with Crippen molar-refractivity contribution in [2.75, 3.05) is 12.0 Å². The third kappa shape index (κ3) is 2.13. The summed E-state index contributed by atoms with van der Waals surface area (Å²) in [6.07, 6.45) is 5.88. The summed E-state index contributed by atoms with van der Waals surface area (Å²) in [4.78, 5) is 6.23. The van der Waals surface area contributed by atoms with E-state index in [1.807, 2.05) is 46.2 Å². The predicted octanol–water partition coefficient (Wildman–Crippen LogP) is 7.59. The molecule has 0 unspecified atom stereocenters. The molecule has 4 heteroatoms. The molecule has 3 heterocycles. The van der Waals surface area contributed by atoms with Gasteiger partial charge < -0.3 is 0 Å². The van der Waals surface area contributed by atoms with E-state index in [1.54, 1.807) is 14.6 Å². The minimum absolute atomic E-state index is 1.20. The van der Waals surface area contributed by atoms with E-state index in [9.17, 15) is 0 Å². The van der Waals surface area contributed by atoms with E-state index in [4.69, 9.17) is 0 Å². The molecule has 0 saturated carbocycles. The number of thiophene rings is 2. The molecule has 2 aromatic heterocycles. The topological polar surface area (TPSA) is 0 Å². The second kappa shape index (κ2) is 5.94. The van der Waals surface area contributed by atoms with Crippen LogP contribution in [0.5, 0.6) is 0 Å². The molecule has 0 aliphatic carbocycles. The maximum Gasteiger partial charge on any atom is 0.0436 e. The van der Waals surface area contributed by atoms with Crippen LogP contribution < -0.4 is 0 Å². The van der Waals surface area contributed by atoms with Crippen LogP contribution in [0.25, 0.3) is 30.9 Å². The maximum absolute atomic E-state index is 2.38. The number of rotatable bonds is 3. The van der Waals surface area contributed by atoms with E-state index < -0.39 is 0 Å². The highest BCUT2D eigenvalue weighted by molar-refractivity contribution is 8.00. The Bertz CT molecular complexity index is 1080. The van der Waals surface area contributed by atoms with Gasteiger partial charge in [0.05, 0.1) is 0 Å². The molecule has 2 aromatic carbocycles. The summed E-state index contributed by atoms with van der Waals surface area (Å²) in [6.45, 7) is 2.28. The van der Waals surface area contributed by atoms with E-state index in [1.165, 1.54) is 60.9 Å². The Hall–Kier alpha value is -0.680. The van der Waals surface area contributed by atoms with Crippen LogP contribution in [0.2, 0.25) is 0 Å². The maximum atomic E-state index is 2.38. The SMILES string of the molecule is CCCc1sc2c(ccc3c2ccc2c4c(sc23)CCS4)c1SC. The van der Waals surface area contributed by atoms with Crippen LogP contribution in [-0.4, -0.2) is 12.0 Å². The van der Waals surface area contributed by atoms with Crippen molar-refractivity contribution in [2.45, 2.75) is 36.0 Å². The molecule has 0 atom stereocenters. The number of benzene rings is 2. The molecule has 0 nitrogen and oxygen atoms in total. The molecule has 0 bridgehead atoms. The third-order valence-corrected chi connectivity index (χ3v) is 9.70. The zero-order valence-corrected chi connectivity index (χ0v) is 17.0. The average Bonchev–Trinajstić information content (AvgIpc) is 3.26. The molecule has 4 aromatic rings. The van der Waals surface area contributed by atoms with Gasteiger partial charge in [-0.2, -0.15) is 0 Å². The van der Waals surface area contributed by atoms with Crippen molar-refractivity contribution in [3.05, 3.63) is 34.0 Å². The summed E-state index contributed by atoms with van der Waals surface area (Å²) in [7, 11) is 0. The molecular formula is C20H18S4. The molecule has 0 spiro atoms. The summed E-state index contributed by atoms with van der Waals surface area (Å²) in [5.74, 6) is 1.26. The van der Waals surface area contributed by atoms with Gasteiger partial charge in [0.2, 0.25) is 0 Å². The molecule has 0 saturated heterocycles. The zero-order chi connectivity index (χ0) is 16.3. The highest BCUT2D eigenvalue weighted by Gasteiger charge is 2.20. The van der Waals surface area contributed by atoms with E-state index >= 15 is 0 Å². The van der Waals surface area contributed by atoms with Crippen LogP contribution in [0.15, 0.2) is 34.1 Å². The first kappa shape index (κ1) is 15.6. The minimum Gasteiger partial charge on any atom is -0.138 e. The number of fused-ring (bicyclic) bond motifs is 7. The standard InChI is InChI=1S/C20H18S4/c1-3-4-15-19(21-2)13-7-5-12-11(17(13)23-15)6-8-14-18(12)24-16-9-10-22-20(14)16/h5-8H,3-4,9-10H2,1-2H3. The fourth-order valence-corrected chi connectivity index (χ4v) is 9.05. The third-order valence-electron chi connectivity index (χ3n) is 4.81. The number of aryl methyl sites for hydroxylation is 2. The van der Waals surface area contributed by atoms with Gasteiger partial charge in [0.1, 0.15) is 0 Å². The Morgan fingerprint density at radius 2 is 1.67 bits per heavy atom. The molecule has 24 heavy (non-hydrogen) atoms. The Balaban J connectivity index is 1.86. The summed E-state index contributed by atoms with van der Waals surface area (Å²) in [5.41, 5.74) is 0. The molecule has 0 N–H and O–H groups in total. The largest absolute Gasteiger partial charge is 0.138 e. The predicted molar refractivity (Wildman–Crippen MR) is 115 cm³/mol. The van der Waals surface area contributed by atoms with Gasteiger partial charge >= 0.3 is 0 Å². The van der Waals surface area contributed by atoms with Gasteiger partial charge in [-0.15, -0.1) is 46.2 Å². The van der Waals surface area contributed by atoms with Crippen molar-refractivity contribution in [1.29, 1.82) is 0 Å². The van der Waals surface area contributed by atoms with Crippen molar-refractivity contribution in [3.8, 4) is 0 Å². The van der Waals surface area contributed by atoms with Crippen LogP contribution in [0.4, 0.5) is 0 Å². The normalized spacial score (nSPS) is 14.2. The second-order valence-electron chi connectivity index (χ2n) is 6.24. The van der Waals surface area contributed by atoms with Crippen LogP contribution in [0.1, 0.15) is 23.1 Å². The van der Waals surface area contributed by atoms with E-state index in [0.29, 0.717) is 0 Å². The smallest absolute Gasteiger partial charge is 0.0436 e. The molecule has 0 radical (unpaired) electrons. The van der Waals surface area contributed by atoms with E-state index in [-0.39, 0.29) is 0 Å². The summed E-state index contributed by atoms with van der Waals surface area (Å²) in [6, 6.07) is 9.50. The highest BCUT2D eigenvalue weighted by Crippen LogP contribution is 2.48. The fraction of sp³-hybridized carbons (Fsp3) is 0.300. The molecule has 5 rings (SSSR count). The van der Waals surface area contributed by atoms with Crippen LogP contribution in [-0.2, 0) is 12.8 Å². The van der Waals surface area contributed by atoms with E-state index in [2.05, 4.69) is 37.4 Å². The van der Waals surface area contributed by atoms with Crippen molar-refractivity contribution in [1.82, 2.24) is 0 Å². The van der Waals surface area contributed by atoms with Crippen molar-refractivity contribution >= 4 is 77.1 Å². The average molecular weight is 387 g/mol. The highest BCUT2D eigenvalue weighted by atomic mass is 32.2. The fourth-order valence-electron chi connectivity index (χ4n) is 3.75. The summed E-state index contributed by atoms with van der Waals surface area (Å²) >= 11 is 8.01. The van der Waals surface area contributed by atoms with Crippen molar-refractivity contribution in [2.24, 2.45) is 0 Å². The van der Waals surface area contributed by atoms with Crippen LogP contribution in [0, 0.1) is 0 Å². The molecule has 0 amide bonds. The first-order valence-electron chi connectivity index (χ1n) is 8.41. The number of thioether (sulfide) groups is 2. The zero-order valence-electron chi connectivity index (χ0n) is 13.8. The van der Waals surface area contributed by atoms with Crippen LogP contribution >= 0.6 is 46.2 Å². The van der Waals surface area contributed by atoms with Gasteiger partial charge in [0.15, 0.2) is 0 Å². The Morgan fingerprint density at radius 3 is 2.42 bits per heavy atom. The number of hydrogen-bond donors (Lipinski definition) is 0. The Morgan fingerprint density at radius 1 is 0.958 bits per heavy atom.